The lowest BCUT2D eigenvalue weighted by atomic mass is 10.2. The lowest BCUT2D eigenvalue weighted by Gasteiger charge is -2.24. The molecule has 0 fully saturated rings. The van der Waals surface area contributed by atoms with Crippen molar-refractivity contribution < 1.29 is 0 Å². The Kier molecular flexibility index (Phi) is 3.12. The number of anilines is 2. The molecule has 1 N–H and O–H groups in total. The Hall–Kier alpha value is -2.04. The average Bonchev–Trinajstić information content (AvgIpc) is 2.84. The fourth-order valence-corrected chi connectivity index (χ4v) is 2.32. The number of nitrogens with zero attached hydrogens (tertiary/aromatic N) is 4. The molecule has 0 aliphatic carbocycles. The first-order chi connectivity index (χ1) is 8.93. The molecule has 0 saturated heterocycles. The van der Waals surface area contributed by atoms with E-state index >= 15 is 0 Å². The molecule has 0 atom stereocenters. The first kappa shape index (κ1) is 11.1. The molecule has 0 spiro atoms. The van der Waals surface area contributed by atoms with Crippen LogP contribution in [-0.2, 0) is 6.54 Å². The molecule has 0 saturated carbocycles. The van der Waals surface area contributed by atoms with Crippen molar-refractivity contribution in [3.63, 3.8) is 0 Å². The molecule has 0 bridgehead atoms. The molecule has 5 nitrogen and oxygen atoms in total. The highest BCUT2D eigenvalue weighted by Gasteiger charge is 2.13. The van der Waals surface area contributed by atoms with Gasteiger partial charge in [-0.2, -0.15) is 5.10 Å². The van der Waals surface area contributed by atoms with Crippen molar-refractivity contribution in [2.75, 3.05) is 29.9 Å². The second-order valence-electron chi connectivity index (χ2n) is 4.44. The number of rotatable bonds is 3. The summed E-state index contributed by atoms with van der Waals surface area (Å²) in [5.41, 5.74) is 2.52. The van der Waals surface area contributed by atoms with Crippen molar-refractivity contribution in [3.05, 3.63) is 36.9 Å². The normalized spacial score (nSPS) is 14.8. The highest BCUT2D eigenvalue weighted by molar-refractivity contribution is 5.70. The molecular formula is C13H17N5. The van der Waals surface area contributed by atoms with E-state index in [9.17, 15) is 0 Å². The van der Waals surface area contributed by atoms with Crippen molar-refractivity contribution in [1.29, 1.82) is 0 Å². The Balaban J connectivity index is 1.75. The average molecular weight is 243 g/mol. The molecule has 1 aromatic carbocycles. The van der Waals surface area contributed by atoms with Crippen molar-refractivity contribution in [2.24, 2.45) is 0 Å². The van der Waals surface area contributed by atoms with Gasteiger partial charge in [0.05, 0.1) is 17.9 Å². The van der Waals surface area contributed by atoms with E-state index < -0.39 is 0 Å². The minimum atomic E-state index is 0.869. The van der Waals surface area contributed by atoms with Crippen LogP contribution in [0.4, 0.5) is 11.4 Å². The third kappa shape index (κ3) is 2.30. The Morgan fingerprint density at radius 1 is 1.22 bits per heavy atom. The van der Waals surface area contributed by atoms with Crippen LogP contribution in [-0.4, -0.2) is 34.4 Å². The molecule has 94 valence electrons. The van der Waals surface area contributed by atoms with Gasteiger partial charge in [0, 0.05) is 19.6 Å². The number of benzene rings is 1. The van der Waals surface area contributed by atoms with E-state index in [-0.39, 0.29) is 0 Å². The summed E-state index contributed by atoms with van der Waals surface area (Å²) >= 11 is 0. The number of para-hydroxylation sites is 2. The van der Waals surface area contributed by atoms with Crippen LogP contribution < -0.4 is 10.2 Å². The van der Waals surface area contributed by atoms with Gasteiger partial charge >= 0.3 is 0 Å². The summed E-state index contributed by atoms with van der Waals surface area (Å²) in [5, 5.41) is 7.62. The zero-order valence-electron chi connectivity index (χ0n) is 10.3. The molecular weight excluding hydrogens is 226 g/mol. The van der Waals surface area contributed by atoms with E-state index in [1.807, 2.05) is 4.68 Å². The van der Waals surface area contributed by atoms with E-state index in [4.69, 9.17) is 0 Å². The first-order valence-electron chi connectivity index (χ1n) is 6.34. The van der Waals surface area contributed by atoms with Crippen LogP contribution in [0.5, 0.6) is 0 Å². The van der Waals surface area contributed by atoms with Crippen LogP contribution in [0.3, 0.4) is 0 Å². The van der Waals surface area contributed by atoms with E-state index in [0.29, 0.717) is 0 Å². The van der Waals surface area contributed by atoms with Crippen molar-refractivity contribution in [3.8, 4) is 0 Å². The van der Waals surface area contributed by atoms with Crippen molar-refractivity contribution >= 4 is 11.4 Å². The zero-order chi connectivity index (χ0) is 12.2. The quantitative estimate of drug-likeness (QED) is 0.889. The van der Waals surface area contributed by atoms with Gasteiger partial charge in [-0.1, -0.05) is 12.1 Å². The standard InChI is InChI=1S/C13H17N5/c1-2-5-13-12(4-1)15-6-3-7-17(13)8-9-18-11-14-10-16-18/h1-2,4-5,10-11,15H,3,6-9H2. The van der Waals surface area contributed by atoms with Gasteiger partial charge in [-0.15, -0.1) is 0 Å². The SMILES string of the molecule is c1ccc2c(c1)NCCCN2CCn1cncn1. The fraction of sp³-hybridized carbons (Fsp3) is 0.385. The maximum Gasteiger partial charge on any atom is 0.137 e. The Bertz CT molecular complexity index is 494. The van der Waals surface area contributed by atoms with Gasteiger partial charge in [-0.05, 0) is 18.6 Å². The van der Waals surface area contributed by atoms with Gasteiger partial charge in [0.2, 0.25) is 0 Å². The second-order valence-corrected chi connectivity index (χ2v) is 4.44. The summed E-state index contributed by atoms with van der Waals surface area (Å²) < 4.78 is 1.88. The zero-order valence-corrected chi connectivity index (χ0v) is 10.3. The summed E-state index contributed by atoms with van der Waals surface area (Å²) in [6.45, 7) is 3.95. The monoisotopic (exact) mass is 243 g/mol. The molecule has 2 aromatic rings. The fourth-order valence-electron chi connectivity index (χ4n) is 2.32. The number of hydrogen-bond acceptors (Lipinski definition) is 4. The molecule has 1 aromatic heterocycles. The van der Waals surface area contributed by atoms with Crippen LogP contribution in [0.1, 0.15) is 6.42 Å². The molecule has 3 rings (SSSR count). The van der Waals surface area contributed by atoms with E-state index in [2.05, 4.69) is 44.6 Å². The molecule has 2 heterocycles. The molecule has 1 aliphatic rings. The third-order valence-corrected chi connectivity index (χ3v) is 3.23. The van der Waals surface area contributed by atoms with Crippen LogP contribution >= 0.6 is 0 Å². The summed E-state index contributed by atoms with van der Waals surface area (Å²) in [6.07, 6.45) is 4.51. The van der Waals surface area contributed by atoms with Crippen LogP contribution in [0.25, 0.3) is 0 Å². The molecule has 18 heavy (non-hydrogen) atoms. The van der Waals surface area contributed by atoms with Gasteiger partial charge in [-0.25, -0.2) is 4.98 Å². The van der Waals surface area contributed by atoms with Crippen LogP contribution in [0, 0.1) is 0 Å². The van der Waals surface area contributed by atoms with E-state index in [1.165, 1.54) is 11.4 Å². The largest absolute Gasteiger partial charge is 0.383 e. The van der Waals surface area contributed by atoms with Crippen molar-refractivity contribution in [2.45, 2.75) is 13.0 Å². The minimum absolute atomic E-state index is 0.869. The lowest BCUT2D eigenvalue weighted by molar-refractivity contribution is 0.592. The Morgan fingerprint density at radius 2 is 2.17 bits per heavy atom. The summed E-state index contributed by atoms with van der Waals surface area (Å²) in [5.74, 6) is 0. The second kappa shape index (κ2) is 5.08. The van der Waals surface area contributed by atoms with Gasteiger partial charge in [-0.3, -0.25) is 4.68 Å². The number of aromatic nitrogens is 3. The van der Waals surface area contributed by atoms with E-state index in [1.54, 1.807) is 12.7 Å². The van der Waals surface area contributed by atoms with Crippen molar-refractivity contribution in [1.82, 2.24) is 14.8 Å². The lowest BCUT2D eigenvalue weighted by Crippen LogP contribution is -2.28. The molecule has 0 unspecified atom stereocenters. The van der Waals surface area contributed by atoms with Gasteiger partial charge in [0.15, 0.2) is 0 Å². The molecule has 0 amide bonds. The summed E-state index contributed by atoms with van der Waals surface area (Å²) in [4.78, 5) is 6.38. The van der Waals surface area contributed by atoms with Gasteiger partial charge in [0.1, 0.15) is 12.7 Å². The van der Waals surface area contributed by atoms with Gasteiger partial charge < -0.3 is 10.2 Å². The summed E-state index contributed by atoms with van der Waals surface area (Å²) in [6, 6.07) is 8.49. The predicted molar refractivity (Wildman–Crippen MR) is 71.8 cm³/mol. The summed E-state index contributed by atoms with van der Waals surface area (Å²) in [7, 11) is 0. The topological polar surface area (TPSA) is 46.0 Å². The maximum atomic E-state index is 4.14. The predicted octanol–water partition coefficient (Wildman–Crippen LogP) is 1.60. The van der Waals surface area contributed by atoms with Gasteiger partial charge in [0.25, 0.3) is 0 Å². The molecule has 1 aliphatic heterocycles. The highest BCUT2D eigenvalue weighted by atomic mass is 15.3. The maximum absolute atomic E-state index is 4.14. The highest BCUT2D eigenvalue weighted by Crippen LogP contribution is 2.27. The van der Waals surface area contributed by atoms with E-state index in [0.717, 1.165) is 32.6 Å². The van der Waals surface area contributed by atoms with Crippen LogP contribution in [0.15, 0.2) is 36.9 Å². The molecule has 0 radical (unpaired) electrons. The first-order valence-corrected chi connectivity index (χ1v) is 6.34. The third-order valence-electron chi connectivity index (χ3n) is 3.23. The Labute approximate surface area is 106 Å². The number of nitrogens with one attached hydrogen (secondary N) is 1. The molecule has 5 heteroatoms. The Morgan fingerprint density at radius 3 is 3.06 bits per heavy atom. The van der Waals surface area contributed by atoms with Crippen LogP contribution in [0.2, 0.25) is 0 Å². The smallest absolute Gasteiger partial charge is 0.137 e. The minimum Gasteiger partial charge on any atom is -0.383 e. The number of hydrogen-bond donors (Lipinski definition) is 1. The number of fused-ring (bicyclic) bond motifs is 1.